The number of methoxy groups -OCH3 is 1. The number of likely N-dealkylation sites (tertiary alicyclic amines) is 1. The summed E-state index contributed by atoms with van der Waals surface area (Å²) in [4.78, 5) is 24.6. The highest BCUT2D eigenvalue weighted by atomic mass is 16.5. The van der Waals surface area contributed by atoms with Gasteiger partial charge in [0.05, 0.1) is 6.10 Å². The molecule has 0 radical (unpaired) electrons. The van der Waals surface area contributed by atoms with Gasteiger partial charge in [-0.05, 0) is 32.6 Å². The van der Waals surface area contributed by atoms with Crippen LogP contribution in [0.5, 0.6) is 0 Å². The van der Waals surface area contributed by atoms with Crippen LogP contribution in [-0.4, -0.2) is 53.8 Å². The summed E-state index contributed by atoms with van der Waals surface area (Å²) in [6, 6.07) is -0.144. The first-order valence-electron chi connectivity index (χ1n) is 7.07. The van der Waals surface area contributed by atoms with E-state index in [1.165, 1.54) is 0 Å². The molecule has 1 fully saturated rings. The Balaban J connectivity index is 2.51. The Morgan fingerprint density at radius 3 is 2.65 bits per heavy atom. The number of urea groups is 1. The van der Waals surface area contributed by atoms with E-state index in [2.05, 4.69) is 12.2 Å². The van der Waals surface area contributed by atoms with Gasteiger partial charge in [0.15, 0.2) is 0 Å². The second kappa shape index (κ2) is 6.92. The lowest BCUT2D eigenvalue weighted by molar-refractivity contribution is -0.137. The molecule has 0 spiro atoms. The van der Waals surface area contributed by atoms with Crippen LogP contribution < -0.4 is 5.32 Å². The molecule has 0 bridgehead atoms. The molecule has 0 saturated carbocycles. The van der Waals surface area contributed by atoms with Crippen LogP contribution in [0.3, 0.4) is 0 Å². The summed E-state index contributed by atoms with van der Waals surface area (Å²) in [5.41, 5.74) is -0.527. The first kappa shape index (κ1) is 16.8. The molecule has 2 N–H and O–H groups in total. The van der Waals surface area contributed by atoms with Gasteiger partial charge in [-0.1, -0.05) is 6.92 Å². The van der Waals surface area contributed by atoms with E-state index >= 15 is 0 Å². The van der Waals surface area contributed by atoms with Gasteiger partial charge in [0.25, 0.3) is 0 Å². The first-order chi connectivity index (χ1) is 9.25. The molecular formula is C14H26N2O4. The van der Waals surface area contributed by atoms with Crippen molar-refractivity contribution in [3.63, 3.8) is 0 Å². The normalized spacial score (nSPS) is 23.5. The van der Waals surface area contributed by atoms with E-state index in [9.17, 15) is 9.59 Å². The third-order valence-corrected chi connectivity index (χ3v) is 3.89. The number of amides is 2. The zero-order valence-electron chi connectivity index (χ0n) is 12.8. The van der Waals surface area contributed by atoms with Crippen molar-refractivity contribution in [3.05, 3.63) is 0 Å². The molecule has 0 aromatic rings. The highest BCUT2D eigenvalue weighted by molar-refractivity contribution is 5.75. The maximum atomic E-state index is 12.2. The first-order valence-corrected chi connectivity index (χ1v) is 7.07. The molecule has 2 amide bonds. The predicted molar refractivity (Wildman–Crippen MR) is 75.6 cm³/mol. The minimum Gasteiger partial charge on any atom is -0.481 e. The number of piperidine rings is 1. The summed E-state index contributed by atoms with van der Waals surface area (Å²) in [5, 5.41) is 11.6. The number of nitrogens with zero attached hydrogens (tertiary/aromatic N) is 1. The summed E-state index contributed by atoms with van der Waals surface area (Å²) < 4.78 is 5.39. The molecule has 0 aromatic heterocycles. The van der Waals surface area contributed by atoms with Crippen molar-refractivity contribution in [1.29, 1.82) is 0 Å². The van der Waals surface area contributed by atoms with E-state index in [1.807, 2.05) is 13.8 Å². The van der Waals surface area contributed by atoms with Crippen molar-refractivity contribution < 1.29 is 19.4 Å². The molecule has 1 aliphatic rings. The fraction of sp³-hybridized carbons (Fsp3) is 0.857. The third-order valence-electron chi connectivity index (χ3n) is 3.89. The standard InChI is InChI=1S/C14H26N2O4/c1-10-6-8-16(9-11(10)20-4)13(19)15-14(2,3)7-5-12(17)18/h10-11H,5-9H2,1-4H3,(H,15,19)(H,17,18). The minimum atomic E-state index is -0.849. The molecule has 1 rings (SSSR count). The molecule has 1 aliphatic heterocycles. The number of aliphatic carboxylic acids is 1. The molecule has 2 unspecified atom stereocenters. The van der Waals surface area contributed by atoms with Crippen molar-refractivity contribution in [1.82, 2.24) is 10.2 Å². The number of carboxylic acid groups (broad SMARTS) is 1. The quantitative estimate of drug-likeness (QED) is 0.806. The van der Waals surface area contributed by atoms with Gasteiger partial charge in [0.1, 0.15) is 0 Å². The maximum Gasteiger partial charge on any atom is 0.317 e. The Morgan fingerprint density at radius 2 is 2.10 bits per heavy atom. The van der Waals surface area contributed by atoms with Crippen LogP contribution in [-0.2, 0) is 9.53 Å². The van der Waals surface area contributed by atoms with Crippen LogP contribution in [0.2, 0.25) is 0 Å². The molecule has 116 valence electrons. The summed E-state index contributed by atoms with van der Waals surface area (Å²) in [7, 11) is 1.67. The Labute approximate surface area is 120 Å². The van der Waals surface area contributed by atoms with Crippen molar-refractivity contribution in [2.45, 2.75) is 51.7 Å². The van der Waals surface area contributed by atoms with Crippen LogP contribution in [0.25, 0.3) is 0 Å². The van der Waals surface area contributed by atoms with Crippen molar-refractivity contribution >= 4 is 12.0 Å². The Bertz CT molecular complexity index is 357. The molecule has 20 heavy (non-hydrogen) atoms. The molecule has 1 heterocycles. The van der Waals surface area contributed by atoms with E-state index in [1.54, 1.807) is 12.0 Å². The lowest BCUT2D eigenvalue weighted by atomic mass is 9.95. The second-order valence-corrected chi connectivity index (χ2v) is 6.19. The Hall–Kier alpha value is -1.30. The Kier molecular flexibility index (Phi) is 5.80. The van der Waals surface area contributed by atoms with E-state index in [0.717, 1.165) is 6.42 Å². The van der Waals surface area contributed by atoms with Gasteiger partial charge in [-0.15, -0.1) is 0 Å². The molecule has 6 heteroatoms. The maximum absolute atomic E-state index is 12.2. The SMILES string of the molecule is COC1CN(C(=O)NC(C)(C)CCC(=O)O)CCC1C. The molecule has 0 aromatic carbocycles. The van der Waals surface area contributed by atoms with Gasteiger partial charge >= 0.3 is 12.0 Å². The van der Waals surface area contributed by atoms with Gasteiger partial charge in [0, 0.05) is 32.2 Å². The van der Waals surface area contributed by atoms with E-state index < -0.39 is 11.5 Å². The van der Waals surface area contributed by atoms with Gasteiger partial charge < -0.3 is 20.1 Å². The average Bonchev–Trinajstić information content (AvgIpc) is 2.36. The van der Waals surface area contributed by atoms with Gasteiger partial charge in [-0.3, -0.25) is 4.79 Å². The number of carbonyl (C=O) groups excluding carboxylic acids is 1. The largest absolute Gasteiger partial charge is 0.481 e. The third kappa shape index (κ3) is 5.00. The average molecular weight is 286 g/mol. The predicted octanol–water partition coefficient (Wildman–Crippen LogP) is 1.70. The highest BCUT2D eigenvalue weighted by Crippen LogP contribution is 2.20. The van der Waals surface area contributed by atoms with Crippen molar-refractivity contribution in [2.75, 3.05) is 20.2 Å². The number of carboxylic acids is 1. The number of hydrogen-bond acceptors (Lipinski definition) is 3. The fourth-order valence-corrected chi connectivity index (χ4v) is 2.38. The van der Waals surface area contributed by atoms with Crippen LogP contribution in [0.15, 0.2) is 0 Å². The fourth-order valence-electron chi connectivity index (χ4n) is 2.38. The van der Waals surface area contributed by atoms with Crippen molar-refractivity contribution in [2.24, 2.45) is 5.92 Å². The molecule has 1 saturated heterocycles. The number of nitrogens with one attached hydrogen (secondary N) is 1. The zero-order valence-corrected chi connectivity index (χ0v) is 12.8. The van der Waals surface area contributed by atoms with Gasteiger partial charge in [-0.25, -0.2) is 4.79 Å². The zero-order chi connectivity index (χ0) is 15.3. The van der Waals surface area contributed by atoms with E-state index in [0.29, 0.717) is 25.4 Å². The summed E-state index contributed by atoms with van der Waals surface area (Å²) >= 11 is 0. The van der Waals surface area contributed by atoms with E-state index in [-0.39, 0.29) is 18.6 Å². The topological polar surface area (TPSA) is 78.9 Å². The lowest BCUT2D eigenvalue weighted by Crippen LogP contribution is -2.55. The molecule has 0 aliphatic carbocycles. The van der Waals surface area contributed by atoms with E-state index in [4.69, 9.17) is 9.84 Å². The summed E-state index contributed by atoms with van der Waals surface area (Å²) in [5.74, 6) is -0.400. The lowest BCUT2D eigenvalue weighted by Gasteiger charge is -2.38. The number of ether oxygens (including phenoxy) is 1. The highest BCUT2D eigenvalue weighted by Gasteiger charge is 2.31. The number of rotatable bonds is 5. The molecule has 2 atom stereocenters. The van der Waals surface area contributed by atoms with Crippen LogP contribution in [0.4, 0.5) is 4.79 Å². The van der Waals surface area contributed by atoms with Crippen LogP contribution in [0, 0.1) is 5.92 Å². The second-order valence-electron chi connectivity index (χ2n) is 6.19. The molecular weight excluding hydrogens is 260 g/mol. The van der Waals surface area contributed by atoms with Crippen molar-refractivity contribution in [3.8, 4) is 0 Å². The summed E-state index contributed by atoms with van der Waals surface area (Å²) in [6.07, 6.45) is 1.44. The van der Waals surface area contributed by atoms with Crippen LogP contribution >= 0.6 is 0 Å². The minimum absolute atomic E-state index is 0.0466. The molecule has 6 nitrogen and oxygen atoms in total. The van der Waals surface area contributed by atoms with Gasteiger partial charge in [0.2, 0.25) is 0 Å². The monoisotopic (exact) mass is 286 g/mol. The van der Waals surface area contributed by atoms with Gasteiger partial charge in [-0.2, -0.15) is 0 Å². The smallest absolute Gasteiger partial charge is 0.317 e. The Morgan fingerprint density at radius 1 is 1.45 bits per heavy atom. The number of carbonyl (C=O) groups is 2. The number of hydrogen-bond donors (Lipinski definition) is 2. The van der Waals surface area contributed by atoms with Crippen LogP contribution in [0.1, 0.15) is 40.0 Å². The summed E-state index contributed by atoms with van der Waals surface area (Å²) in [6.45, 7) is 7.10.